The van der Waals surface area contributed by atoms with Gasteiger partial charge in [-0.25, -0.2) is 0 Å². The van der Waals surface area contributed by atoms with Gasteiger partial charge in [-0.05, 0) is 37.1 Å². The number of anilines is 1. The highest BCUT2D eigenvalue weighted by Crippen LogP contribution is 2.31. The molecule has 2 N–H and O–H groups in total. The topological polar surface area (TPSA) is 38.5 Å². The summed E-state index contributed by atoms with van der Waals surface area (Å²) < 4.78 is 5.59. The fourth-order valence-corrected chi connectivity index (χ4v) is 1.86. The van der Waals surface area contributed by atoms with Gasteiger partial charge in [-0.15, -0.1) is 0 Å². The third-order valence-electron chi connectivity index (χ3n) is 2.79. The summed E-state index contributed by atoms with van der Waals surface area (Å²) >= 11 is 0. The maximum Gasteiger partial charge on any atom is 0.142 e. The zero-order chi connectivity index (χ0) is 10.7. The van der Waals surface area contributed by atoms with Crippen LogP contribution in [-0.4, -0.2) is 26.7 Å². The standard InChI is InChI=1S/C12H18N2O/c1-14-7-8-15-12-5-4-10(3-2-6-13)9-11(12)14/h4-5,9H,2-3,6-8,13H2,1H3. The first kappa shape index (κ1) is 10.3. The van der Waals surface area contributed by atoms with Gasteiger partial charge in [0.1, 0.15) is 12.4 Å². The van der Waals surface area contributed by atoms with E-state index in [9.17, 15) is 0 Å². The average molecular weight is 206 g/mol. The lowest BCUT2D eigenvalue weighted by molar-refractivity contribution is 0.311. The SMILES string of the molecule is CN1CCOc2ccc(CCCN)cc21. The molecule has 3 nitrogen and oxygen atoms in total. The van der Waals surface area contributed by atoms with Gasteiger partial charge in [0.15, 0.2) is 0 Å². The van der Waals surface area contributed by atoms with Crippen molar-refractivity contribution in [3.8, 4) is 5.75 Å². The molecule has 3 heteroatoms. The van der Waals surface area contributed by atoms with E-state index in [0.717, 1.165) is 38.3 Å². The first-order valence-electron chi connectivity index (χ1n) is 5.48. The second-order valence-electron chi connectivity index (χ2n) is 3.96. The number of ether oxygens (including phenoxy) is 1. The molecule has 1 aromatic rings. The number of fused-ring (bicyclic) bond motifs is 1. The van der Waals surface area contributed by atoms with Crippen LogP contribution in [0.4, 0.5) is 5.69 Å². The zero-order valence-corrected chi connectivity index (χ0v) is 9.20. The van der Waals surface area contributed by atoms with Crippen LogP contribution in [0.25, 0.3) is 0 Å². The number of rotatable bonds is 3. The number of nitrogens with two attached hydrogens (primary N) is 1. The van der Waals surface area contributed by atoms with E-state index in [1.807, 2.05) is 0 Å². The number of aryl methyl sites for hydroxylation is 1. The summed E-state index contributed by atoms with van der Waals surface area (Å²) in [5.74, 6) is 1.00. The summed E-state index contributed by atoms with van der Waals surface area (Å²) in [5.41, 5.74) is 8.05. The third kappa shape index (κ3) is 2.23. The first-order valence-corrected chi connectivity index (χ1v) is 5.48. The van der Waals surface area contributed by atoms with E-state index in [2.05, 4.69) is 30.1 Å². The monoisotopic (exact) mass is 206 g/mol. The van der Waals surface area contributed by atoms with Gasteiger partial charge in [0.25, 0.3) is 0 Å². The van der Waals surface area contributed by atoms with Crippen molar-refractivity contribution >= 4 is 5.69 Å². The van der Waals surface area contributed by atoms with Gasteiger partial charge in [-0.2, -0.15) is 0 Å². The minimum absolute atomic E-state index is 0.753. The van der Waals surface area contributed by atoms with Crippen molar-refractivity contribution in [1.29, 1.82) is 0 Å². The molecule has 1 aliphatic heterocycles. The van der Waals surface area contributed by atoms with Crippen molar-refractivity contribution in [2.24, 2.45) is 5.73 Å². The van der Waals surface area contributed by atoms with Crippen LogP contribution >= 0.6 is 0 Å². The molecule has 0 amide bonds. The molecule has 0 fully saturated rings. The fraction of sp³-hybridized carbons (Fsp3) is 0.500. The quantitative estimate of drug-likeness (QED) is 0.812. The fourth-order valence-electron chi connectivity index (χ4n) is 1.86. The highest BCUT2D eigenvalue weighted by atomic mass is 16.5. The van der Waals surface area contributed by atoms with Crippen LogP contribution in [0.15, 0.2) is 18.2 Å². The Morgan fingerprint density at radius 2 is 2.33 bits per heavy atom. The van der Waals surface area contributed by atoms with Crippen LogP contribution in [-0.2, 0) is 6.42 Å². The van der Waals surface area contributed by atoms with Crippen molar-refractivity contribution in [3.05, 3.63) is 23.8 Å². The zero-order valence-electron chi connectivity index (χ0n) is 9.20. The molecule has 82 valence electrons. The highest BCUT2D eigenvalue weighted by Gasteiger charge is 2.14. The van der Waals surface area contributed by atoms with Gasteiger partial charge in [0, 0.05) is 7.05 Å². The Bertz CT molecular complexity index is 338. The molecule has 0 aliphatic carbocycles. The smallest absolute Gasteiger partial charge is 0.142 e. The highest BCUT2D eigenvalue weighted by molar-refractivity contribution is 5.60. The minimum Gasteiger partial charge on any atom is -0.490 e. The van der Waals surface area contributed by atoms with E-state index in [1.165, 1.54) is 11.3 Å². The molecule has 0 spiro atoms. The molecule has 0 saturated heterocycles. The van der Waals surface area contributed by atoms with Crippen molar-refractivity contribution in [2.45, 2.75) is 12.8 Å². The predicted octanol–water partition coefficient (Wildman–Crippen LogP) is 1.41. The van der Waals surface area contributed by atoms with Gasteiger partial charge in [0.2, 0.25) is 0 Å². The molecule has 2 rings (SSSR count). The van der Waals surface area contributed by atoms with E-state index < -0.39 is 0 Å². The van der Waals surface area contributed by atoms with Crippen molar-refractivity contribution in [3.63, 3.8) is 0 Å². The van der Waals surface area contributed by atoms with Gasteiger partial charge in [-0.1, -0.05) is 6.07 Å². The molecule has 0 bridgehead atoms. The van der Waals surface area contributed by atoms with E-state index in [4.69, 9.17) is 10.5 Å². The Hall–Kier alpha value is -1.22. The molecule has 0 radical (unpaired) electrons. The van der Waals surface area contributed by atoms with Crippen LogP contribution in [0.3, 0.4) is 0 Å². The van der Waals surface area contributed by atoms with Gasteiger partial charge in [0.05, 0.1) is 12.2 Å². The Kier molecular flexibility index (Phi) is 3.11. The average Bonchev–Trinajstić information content (AvgIpc) is 2.27. The maximum absolute atomic E-state index is 5.59. The van der Waals surface area contributed by atoms with Crippen LogP contribution in [0, 0.1) is 0 Å². The van der Waals surface area contributed by atoms with Crippen molar-refractivity contribution in [2.75, 3.05) is 31.6 Å². The molecule has 0 aromatic heterocycles. The Balaban J connectivity index is 2.19. The molecular formula is C12H18N2O. The molecule has 0 unspecified atom stereocenters. The van der Waals surface area contributed by atoms with Gasteiger partial charge >= 0.3 is 0 Å². The van der Waals surface area contributed by atoms with Gasteiger partial charge < -0.3 is 15.4 Å². The van der Waals surface area contributed by atoms with E-state index >= 15 is 0 Å². The van der Waals surface area contributed by atoms with Crippen LogP contribution in [0.5, 0.6) is 5.75 Å². The van der Waals surface area contributed by atoms with E-state index in [0.29, 0.717) is 0 Å². The first-order chi connectivity index (χ1) is 7.31. The van der Waals surface area contributed by atoms with E-state index in [-0.39, 0.29) is 0 Å². The number of hydrogen-bond acceptors (Lipinski definition) is 3. The summed E-state index contributed by atoms with van der Waals surface area (Å²) in [6.45, 7) is 2.50. The van der Waals surface area contributed by atoms with Gasteiger partial charge in [-0.3, -0.25) is 0 Å². The molecule has 1 aliphatic rings. The summed E-state index contributed by atoms with van der Waals surface area (Å²) in [6.07, 6.45) is 2.10. The van der Waals surface area contributed by atoms with E-state index in [1.54, 1.807) is 0 Å². The summed E-state index contributed by atoms with van der Waals surface area (Å²) in [7, 11) is 2.11. The Morgan fingerprint density at radius 3 is 3.13 bits per heavy atom. The Morgan fingerprint density at radius 1 is 1.47 bits per heavy atom. The molecule has 1 aromatic carbocycles. The van der Waals surface area contributed by atoms with Crippen molar-refractivity contribution in [1.82, 2.24) is 0 Å². The van der Waals surface area contributed by atoms with Crippen LogP contribution in [0.2, 0.25) is 0 Å². The molecule has 15 heavy (non-hydrogen) atoms. The normalized spacial score (nSPS) is 14.7. The lowest BCUT2D eigenvalue weighted by Crippen LogP contribution is -2.28. The number of hydrogen-bond donors (Lipinski definition) is 1. The molecule has 0 atom stereocenters. The van der Waals surface area contributed by atoms with Crippen LogP contribution in [0.1, 0.15) is 12.0 Å². The molecular weight excluding hydrogens is 188 g/mol. The van der Waals surface area contributed by atoms with Crippen molar-refractivity contribution < 1.29 is 4.74 Å². The largest absolute Gasteiger partial charge is 0.490 e. The summed E-state index contributed by atoms with van der Waals surface area (Å²) in [6, 6.07) is 6.41. The summed E-state index contributed by atoms with van der Waals surface area (Å²) in [5, 5.41) is 0. The third-order valence-corrected chi connectivity index (χ3v) is 2.79. The van der Waals surface area contributed by atoms with Crippen LogP contribution < -0.4 is 15.4 Å². The second-order valence-corrected chi connectivity index (χ2v) is 3.96. The number of likely N-dealkylation sites (N-methyl/N-ethyl adjacent to an activating group) is 1. The number of benzene rings is 1. The molecule has 0 saturated carbocycles. The predicted molar refractivity (Wildman–Crippen MR) is 62.6 cm³/mol. The number of nitrogens with zero attached hydrogens (tertiary/aromatic N) is 1. The Labute approximate surface area is 90.8 Å². The maximum atomic E-state index is 5.59. The summed E-state index contributed by atoms with van der Waals surface area (Å²) in [4.78, 5) is 2.24. The second kappa shape index (κ2) is 4.53. The molecule has 1 heterocycles. The lowest BCUT2D eigenvalue weighted by atomic mass is 10.1. The lowest BCUT2D eigenvalue weighted by Gasteiger charge is -2.28. The minimum atomic E-state index is 0.753.